The van der Waals surface area contributed by atoms with Crippen LogP contribution < -0.4 is 5.56 Å². The zero-order valence-corrected chi connectivity index (χ0v) is 13.6. The van der Waals surface area contributed by atoms with Crippen LogP contribution in [0.5, 0.6) is 0 Å². The predicted octanol–water partition coefficient (Wildman–Crippen LogP) is 3.84. The summed E-state index contributed by atoms with van der Waals surface area (Å²) in [5, 5.41) is 0.855. The Morgan fingerprint density at radius 2 is 2.05 bits per heavy atom. The van der Waals surface area contributed by atoms with Crippen molar-refractivity contribution in [1.82, 2.24) is 9.55 Å². The third-order valence-electron chi connectivity index (χ3n) is 3.14. The van der Waals surface area contributed by atoms with Crippen LogP contribution in [0.3, 0.4) is 0 Å². The first-order valence-corrected chi connectivity index (χ1v) is 7.59. The molecule has 0 fully saturated rings. The molecule has 0 radical (unpaired) electrons. The van der Waals surface area contributed by atoms with Gasteiger partial charge in [0.15, 0.2) is 0 Å². The number of aromatic nitrogens is 2. The summed E-state index contributed by atoms with van der Waals surface area (Å²) in [6, 6.07) is 9.87. The monoisotopic (exact) mass is 414 g/mol. The minimum absolute atomic E-state index is 0.121. The zero-order chi connectivity index (χ0) is 15.0. The highest BCUT2D eigenvalue weighted by atomic mass is 127. The van der Waals surface area contributed by atoms with E-state index < -0.39 is 5.82 Å². The summed E-state index contributed by atoms with van der Waals surface area (Å²) < 4.78 is 16.2. The molecular weight excluding hydrogens is 406 g/mol. The number of hydrogen-bond donors (Lipinski definition) is 0. The van der Waals surface area contributed by atoms with Crippen LogP contribution >= 0.6 is 34.2 Å². The summed E-state index contributed by atoms with van der Waals surface area (Å²) in [7, 11) is 0. The fourth-order valence-electron chi connectivity index (χ4n) is 2.08. The van der Waals surface area contributed by atoms with Crippen molar-refractivity contribution in [2.45, 2.75) is 6.54 Å². The molecule has 0 saturated carbocycles. The molecular formula is C15H9ClFIN2O. The molecule has 0 atom stereocenters. The third-order valence-corrected chi connectivity index (χ3v) is 4.05. The van der Waals surface area contributed by atoms with Crippen molar-refractivity contribution in [3.63, 3.8) is 0 Å². The molecule has 106 valence electrons. The Morgan fingerprint density at radius 1 is 1.24 bits per heavy atom. The van der Waals surface area contributed by atoms with Gasteiger partial charge in [-0.1, -0.05) is 17.7 Å². The van der Waals surface area contributed by atoms with Crippen molar-refractivity contribution >= 4 is 45.1 Å². The average Bonchev–Trinajstić information content (AvgIpc) is 2.45. The molecule has 0 saturated heterocycles. The van der Waals surface area contributed by atoms with Gasteiger partial charge in [-0.2, -0.15) is 0 Å². The van der Waals surface area contributed by atoms with E-state index >= 15 is 0 Å². The first-order valence-electron chi connectivity index (χ1n) is 6.13. The number of fused-ring (bicyclic) bond motifs is 1. The van der Waals surface area contributed by atoms with Gasteiger partial charge in [-0.05, 0) is 52.9 Å². The Kier molecular flexibility index (Phi) is 3.95. The highest BCUT2D eigenvalue weighted by Crippen LogP contribution is 2.16. The molecule has 0 aliphatic carbocycles. The largest absolute Gasteiger partial charge is 0.294 e. The van der Waals surface area contributed by atoms with E-state index in [9.17, 15) is 9.18 Å². The van der Waals surface area contributed by atoms with Gasteiger partial charge in [0.25, 0.3) is 5.56 Å². The lowest BCUT2D eigenvalue weighted by Crippen LogP contribution is -2.21. The number of nitrogens with zero attached hydrogens (tertiary/aromatic N) is 2. The summed E-state index contributed by atoms with van der Waals surface area (Å²) in [6.07, 6.45) is 1.44. The first kappa shape index (κ1) is 14.5. The van der Waals surface area contributed by atoms with E-state index in [1.165, 1.54) is 17.0 Å². The fraction of sp³-hybridized carbons (Fsp3) is 0.0667. The Balaban J connectivity index is 2.09. The molecule has 1 aromatic heterocycles. The number of hydrogen-bond acceptors (Lipinski definition) is 2. The van der Waals surface area contributed by atoms with Crippen molar-refractivity contribution in [2.75, 3.05) is 0 Å². The van der Waals surface area contributed by atoms with Gasteiger partial charge in [-0.3, -0.25) is 9.36 Å². The molecule has 3 nitrogen and oxygen atoms in total. The molecule has 2 aromatic carbocycles. The highest BCUT2D eigenvalue weighted by molar-refractivity contribution is 14.1. The van der Waals surface area contributed by atoms with Crippen molar-refractivity contribution in [3.8, 4) is 0 Å². The predicted molar refractivity (Wildman–Crippen MR) is 89.2 cm³/mol. The van der Waals surface area contributed by atoms with Crippen LogP contribution in [-0.2, 0) is 6.54 Å². The van der Waals surface area contributed by atoms with Crippen molar-refractivity contribution in [2.24, 2.45) is 0 Å². The van der Waals surface area contributed by atoms with E-state index in [0.717, 1.165) is 3.57 Å². The molecule has 6 heteroatoms. The molecule has 3 rings (SSSR count). The molecule has 0 N–H and O–H groups in total. The Hall–Kier alpha value is -1.47. The van der Waals surface area contributed by atoms with Crippen LogP contribution in [0.25, 0.3) is 10.9 Å². The standard InChI is InChI=1S/C15H9ClFIN2O/c16-10-2-1-9(13(17)5-10)7-20-8-19-14-4-3-11(18)6-12(14)15(20)21/h1-6,8H,7H2. The molecule has 0 unspecified atom stereocenters. The van der Waals surface area contributed by atoms with Crippen LogP contribution in [-0.4, -0.2) is 9.55 Å². The average molecular weight is 415 g/mol. The maximum Gasteiger partial charge on any atom is 0.261 e. The maximum absolute atomic E-state index is 13.8. The van der Waals surface area contributed by atoms with Gasteiger partial charge in [-0.25, -0.2) is 9.37 Å². The maximum atomic E-state index is 13.8. The van der Waals surface area contributed by atoms with Gasteiger partial charge >= 0.3 is 0 Å². The number of rotatable bonds is 2. The van der Waals surface area contributed by atoms with Crippen LogP contribution in [0.15, 0.2) is 47.5 Å². The smallest absolute Gasteiger partial charge is 0.261 e. The number of halogens is 3. The first-order chi connectivity index (χ1) is 10.0. The number of benzene rings is 2. The lowest BCUT2D eigenvalue weighted by Gasteiger charge is -2.08. The van der Waals surface area contributed by atoms with Crippen molar-refractivity contribution in [3.05, 3.63) is 73.1 Å². The zero-order valence-electron chi connectivity index (χ0n) is 10.7. The van der Waals surface area contributed by atoms with Crippen molar-refractivity contribution < 1.29 is 4.39 Å². The summed E-state index contributed by atoms with van der Waals surface area (Å²) in [6.45, 7) is 0.121. The normalized spacial score (nSPS) is 11.0. The van der Waals surface area contributed by atoms with Crippen LogP contribution in [0, 0.1) is 9.39 Å². The fourth-order valence-corrected chi connectivity index (χ4v) is 2.73. The second kappa shape index (κ2) is 5.73. The van der Waals surface area contributed by atoms with E-state index in [0.29, 0.717) is 21.5 Å². The minimum Gasteiger partial charge on any atom is -0.294 e. The van der Waals surface area contributed by atoms with Crippen molar-refractivity contribution in [1.29, 1.82) is 0 Å². The minimum atomic E-state index is -0.433. The molecule has 0 amide bonds. The van der Waals surface area contributed by atoms with Crippen LogP contribution in [0.4, 0.5) is 4.39 Å². The molecule has 3 aromatic rings. The van der Waals surface area contributed by atoms with E-state index in [4.69, 9.17) is 11.6 Å². The second-order valence-corrected chi connectivity index (χ2v) is 6.26. The van der Waals surface area contributed by atoms with E-state index in [1.807, 2.05) is 6.07 Å². The Labute approximate surface area is 138 Å². The summed E-state index contributed by atoms with van der Waals surface area (Å²) in [5.74, 6) is -0.433. The molecule has 0 spiro atoms. The Bertz CT molecular complexity index is 894. The molecule has 0 aliphatic rings. The topological polar surface area (TPSA) is 34.9 Å². The highest BCUT2D eigenvalue weighted by Gasteiger charge is 2.08. The second-order valence-electron chi connectivity index (χ2n) is 4.57. The van der Waals surface area contributed by atoms with Crippen LogP contribution in [0.1, 0.15) is 5.56 Å². The molecule has 21 heavy (non-hydrogen) atoms. The Morgan fingerprint density at radius 3 is 2.81 bits per heavy atom. The van der Waals surface area contributed by atoms with Crippen LogP contribution in [0.2, 0.25) is 5.02 Å². The lowest BCUT2D eigenvalue weighted by molar-refractivity contribution is 0.595. The van der Waals surface area contributed by atoms with Gasteiger partial charge < -0.3 is 0 Å². The van der Waals surface area contributed by atoms with Gasteiger partial charge in [0.2, 0.25) is 0 Å². The van der Waals surface area contributed by atoms with Gasteiger partial charge in [0, 0.05) is 14.2 Å². The van der Waals surface area contributed by atoms with Gasteiger partial charge in [0.05, 0.1) is 23.8 Å². The van der Waals surface area contributed by atoms with E-state index in [-0.39, 0.29) is 12.1 Å². The molecule has 1 heterocycles. The third kappa shape index (κ3) is 2.94. The van der Waals surface area contributed by atoms with Gasteiger partial charge in [-0.15, -0.1) is 0 Å². The summed E-state index contributed by atoms with van der Waals surface area (Å²) in [4.78, 5) is 16.7. The summed E-state index contributed by atoms with van der Waals surface area (Å²) in [5.41, 5.74) is 0.842. The SMILES string of the molecule is O=c1c2cc(I)ccc2ncn1Cc1ccc(Cl)cc1F. The lowest BCUT2D eigenvalue weighted by atomic mass is 10.2. The van der Waals surface area contributed by atoms with E-state index in [2.05, 4.69) is 27.6 Å². The molecule has 0 aliphatic heterocycles. The summed E-state index contributed by atoms with van der Waals surface area (Å²) >= 11 is 7.86. The van der Waals surface area contributed by atoms with Gasteiger partial charge in [0.1, 0.15) is 5.82 Å². The quantitative estimate of drug-likeness (QED) is 0.597. The molecule has 0 bridgehead atoms. The van der Waals surface area contributed by atoms with E-state index in [1.54, 1.807) is 24.3 Å².